The van der Waals surface area contributed by atoms with E-state index in [-0.39, 0.29) is 0 Å². The summed E-state index contributed by atoms with van der Waals surface area (Å²) in [4.78, 5) is 0. The number of fused-ring (bicyclic) bond motifs is 1. The van der Waals surface area contributed by atoms with Gasteiger partial charge in [-0.25, -0.2) is 0 Å². The van der Waals surface area contributed by atoms with E-state index in [0.29, 0.717) is 0 Å². The fourth-order valence-electron chi connectivity index (χ4n) is 3.95. The molecule has 2 fully saturated rings. The lowest BCUT2D eigenvalue weighted by molar-refractivity contribution is 0.0600. The Morgan fingerprint density at radius 3 is 2.38 bits per heavy atom. The summed E-state index contributed by atoms with van der Waals surface area (Å²) in [7, 11) is 0. The van der Waals surface area contributed by atoms with E-state index in [9.17, 15) is 0 Å². The summed E-state index contributed by atoms with van der Waals surface area (Å²) in [5.41, 5.74) is 0. The first-order valence-electron chi connectivity index (χ1n) is 6.33. The van der Waals surface area contributed by atoms with Gasteiger partial charge >= 0.3 is 0 Å². The molecule has 2 aliphatic carbocycles. The Hall–Kier alpha value is 0. The summed E-state index contributed by atoms with van der Waals surface area (Å²) < 4.78 is 0. The topological polar surface area (TPSA) is 0 Å². The van der Waals surface area contributed by atoms with E-state index in [1.54, 1.807) is 12.8 Å². The van der Waals surface area contributed by atoms with Gasteiger partial charge in [0.1, 0.15) is 0 Å². The molecule has 76 valence electrons. The molecule has 0 heteroatoms. The Morgan fingerprint density at radius 2 is 1.62 bits per heavy atom. The predicted molar refractivity (Wildman–Crippen MR) is 57.6 cm³/mol. The molecule has 0 nitrogen and oxygen atoms in total. The second kappa shape index (κ2) is 4.02. The van der Waals surface area contributed by atoms with Crippen molar-refractivity contribution in [2.24, 2.45) is 23.7 Å². The zero-order valence-electron chi connectivity index (χ0n) is 9.26. The maximum atomic E-state index is 2.49. The molecule has 13 heavy (non-hydrogen) atoms. The maximum Gasteiger partial charge on any atom is -0.0355 e. The second-order valence-electron chi connectivity index (χ2n) is 5.34. The van der Waals surface area contributed by atoms with Crippen LogP contribution in [0, 0.1) is 23.7 Å². The molecular weight excluding hydrogens is 156 g/mol. The van der Waals surface area contributed by atoms with E-state index in [0.717, 1.165) is 23.7 Å². The SMILES string of the molecule is CCC1CCCC2C(C)CCCC12. The van der Waals surface area contributed by atoms with Crippen molar-refractivity contribution in [2.45, 2.75) is 58.8 Å². The first kappa shape index (κ1) is 9.55. The summed E-state index contributed by atoms with van der Waals surface area (Å²) in [5, 5.41) is 0. The molecule has 0 aromatic rings. The van der Waals surface area contributed by atoms with Crippen LogP contribution in [0.2, 0.25) is 0 Å². The lowest BCUT2D eigenvalue weighted by atomic mass is 9.61. The Kier molecular flexibility index (Phi) is 2.96. The van der Waals surface area contributed by atoms with Crippen LogP contribution in [0.1, 0.15) is 58.8 Å². The van der Waals surface area contributed by atoms with Gasteiger partial charge in [-0.2, -0.15) is 0 Å². The minimum atomic E-state index is 1.04. The molecule has 0 saturated heterocycles. The molecule has 0 aliphatic heterocycles. The monoisotopic (exact) mass is 180 g/mol. The largest absolute Gasteiger partial charge is 0.0651 e. The maximum absolute atomic E-state index is 2.49. The first-order chi connectivity index (χ1) is 6.33. The molecule has 2 rings (SSSR count). The quantitative estimate of drug-likeness (QED) is 0.566. The minimum absolute atomic E-state index is 1.04. The van der Waals surface area contributed by atoms with E-state index in [4.69, 9.17) is 0 Å². The van der Waals surface area contributed by atoms with E-state index in [1.165, 1.54) is 32.1 Å². The zero-order valence-corrected chi connectivity index (χ0v) is 9.26. The van der Waals surface area contributed by atoms with Crippen molar-refractivity contribution in [3.63, 3.8) is 0 Å². The highest BCUT2D eigenvalue weighted by Crippen LogP contribution is 2.47. The van der Waals surface area contributed by atoms with Crippen molar-refractivity contribution < 1.29 is 0 Å². The normalized spacial score (nSPS) is 45.7. The van der Waals surface area contributed by atoms with Crippen LogP contribution in [0.25, 0.3) is 0 Å². The first-order valence-corrected chi connectivity index (χ1v) is 6.33. The second-order valence-corrected chi connectivity index (χ2v) is 5.34. The molecule has 0 amide bonds. The van der Waals surface area contributed by atoms with Gasteiger partial charge in [0.2, 0.25) is 0 Å². The molecule has 0 N–H and O–H groups in total. The molecule has 0 aromatic heterocycles. The summed E-state index contributed by atoms with van der Waals surface area (Å²) in [6, 6.07) is 0. The van der Waals surface area contributed by atoms with Crippen molar-refractivity contribution in [2.75, 3.05) is 0 Å². The summed E-state index contributed by atoms with van der Waals surface area (Å²) >= 11 is 0. The Labute approximate surface area is 83.1 Å². The average molecular weight is 180 g/mol. The van der Waals surface area contributed by atoms with Gasteiger partial charge < -0.3 is 0 Å². The highest BCUT2D eigenvalue weighted by Gasteiger charge is 2.37. The molecule has 2 aliphatic rings. The minimum Gasteiger partial charge on any atom is -0.0651 e. The van der Waals surface area contributed by atoms with Crippen LogP contribution >= 0.6 is 0 Å². The number of hydrogen-bond donors (Lipinski definition) is 0. The third-order valence-corrected chi connectivity index (χ3v) is 4.72. The fraction of sp³-hybridized carbons (Fsp3) is 1.00. The number of hydrogen-bond acceptors (Lipinski definition) is 0. The highest BCUT2D eigenvalue weighted by atomic mass is 14.4. The van der Waals surface area contributed by atoms with Gasteiger partial charge in [-0.15, -0.1) is 0 Å². The van der Waals surface area contributed by atoms with Crippen LogP contribution < -0.4 is 0 Å². The van der Waals surface area contributed by atoms with Crippen LogP contribution in [0.15, 0.2) is 0 Å². The third-order valence-electron chi connectivity index (χ3n) is 4.72. The molecule has 4 atom stereocenters. The molecule has 2 saturated carbocycles. The van der Waals surface area contributed by atoms with Crippen LogP contribution in [-0.2, 0) is 0 Å². The van der Waals surface area contributed by atoms with E-state index >= 15 is 0 Å². The van der Waals surface area contributed by atoms with Crippen LogP contribution in [0.4, 0.5) is 0 Å². The lowest BCUT2D eigenvalue weighted by Gasteiger charge is -2.44. The summed E-state index contributed by atoms with van der Waals surface area (Å²) in [6.07, 6.45) is 10.6. The van der Waals surface area contributed by atoms with Crippen molar-refractivity contribution >= 4 is 0 Å². The zero-order chi connectivity index (χ0) is 9.26. The molecule has 4 unspecified atom stereocenters. The molecule has 0 heterocycles. The smallest absolute Gasteiger partial charge is 0.0355 e. The average Bonchev–Trinajstić information content (AvgIpc) is 2.18. The number of rotatable bonds is 1. The lowest BCUT2D eigenvalue weighted by Crippen LogP contribution is -2.35. The molecule has 0 bridgehead atoms. The van der Waals surface area contributed by atoms with Gasteiger partial charge in [-0.1, -0.05) is 46.0 Å². The van der Waals surface area contributed by atoms with Crippen LogP contribution in [0.3, 0.4) is 0 Å². The molecule has 0 aromatic carbocycles. The Morgan fingerprint density at radius 1 is 0.923 bits per heavy atom. The molecule has 0 spiro atoms. The van der Waals surface area contributed by atoms with Gasteiger partial charge in [0.25, 0.3) is 0 Å². The highest BCUT2D eigenvalue weighted by molar-refractivity contribution is 4.87. The standard InChI is InChI=1S/C13H24/c1-3-11-7-5-8-12-10(2)6-4-9-13(11)12/h10-13H,3-9H2,1-2H3. The van der Waals surface area contributed by atoms with Crippen molar-refractivity contribution in [1.82, 2.24) is 0 Å². The van der Waals surface area contributed by atoms with Gasteiger partial charge in [0.05, 0.1) is 0 Å². The van der Waals surface area contributed by atoms with Crippen LogP contribution in [0.5, 0.6) is 0 Å². The van der Waals surface area contributed by atoms with Gasteiger partial charge in [-0.3, -0.25) is 0 Å². The summed E-state index contributed by atoms with van der Waals surface area (Å²) in [6.45, 7) is 4.89. The summed E-state index contributed by atoms with van der Waals surface area (Å²) in [5.74, 6) is 4.34. The van der Waals surface area contributed by atoms with E-state index in [2.05, 4.69) is 13.8 Å². The van der Waals surface area contributed by atoms with Crippen molar-refractivity contribution in [3.8, 4) is 0 Å². The molecular formula is C13H24. The van der Waals surface area contributed by atoms with Gasteiger partial charge in [0, 0.05) is 0 Å². The van der Waals surface area contributed by atoms with Crippen LogP contribution in [-0.4, -0.2) is 0 Å². The van der Waals surface area contributed by atoms with Crippen molar-refractivity contribution in [3.05, 3.63) is 0 Å². The predicted octanol–water partition coefficient (Wildman–Crippen LogP) is 4.25. The molecule has 0 radical (unpaired) electrons. The van der Waals surface area contributed by atoms with Gasteiger partial charge in [-0.05, 0) is 36.5 Å². The third kappa shape index (κ3) is 1.78. The van der Waals surface area contributed by atoms with Crippen molar-refractivity contribution in [1.29, 1.82) is 0 Å². The Balaban J connectivity index is 2.05. The van der Waals surface area contributed by atoms with E-state index < -0.39 is 0 Å². The van der Waals surface area contributed by atoms with E-state index in [1.807, 2.05) is 0 Å². The fourth-order valence-corrected chi connectivity index (χ4v) is 3.95. The Bertz CT molecular complexity index is 161. The van der Waals surface area contributed by atoms with Gasteiger partial charge in [0.15, 0.2) is 0 Å².